The van der Waals surface area contributed by atoms with Gasteiger partial charge in [-0.15, -0.1) is 0 Å². The number of benzene rings is 1. The normalized spacial score (nSPS) is 21.4. The summed E-state index contributed by atoms with van der Waals surface area (Å²) in [6, 6.07) is 8.01. The third kappa shape index (κ3) is 1.44. The van der Waals surface area contributed by atoms with Crippen LogP contribution in [0.1, 0.15) is 36.5 Å². The highest BCUT2D eigenvalue weighted by Crippen LogP contribution is 2.49. The minimum absolute atomic E-state index is 0.144. The maximum Gasteiger partial charge on any atom is 0.159 e. The fourth-order valence-corrected chi connectivity index (χ4v) is 2.85. The molecule has 0 amide bonds. The monoisotopic (exact) mass is 215 g/mol. The predicted molar refractivity (Wildman–Crippen MR) is 64.9 cm³/mol. The van der Waals surface area contributed by atoms with E-state index < -0.39 is 0 Å². The smallest absolute Gasteiger partial charge is 0.159 e. The summed E-state index contributed by atoms with van der Waals surface area (Å²) in [5.74, 6) is 0.144. The molecule has 84 valence electrons. The average Bonchev–Trinajstić information content (AvgIpc) is 2.14. The fraction of sp³-hybridized carbons (Fsp3) is 0.500. The van der Waals surface area contributed by atoms with Crippen molar-refractivity contribution in [3.8, 4) is 0 Å². The second kappa shape index (κ2) is 3.34. The average molecular weight is 215 g/mol. The summed E-state index contributed by atoms with van der Waals surface area (Å²) in [6.07, 6.45) is 4.24. The molecule has 0 atom stereocenters. The number of anilines is 1. The van der Waals surface area contributed by atoms with Gasteiger partial charge in [0.15, 0.2) is 5.78 Å². The zero-order chi connectivity index (χ0) is 11.2. The van der Waals surface area contributed by atoms with E-state index in [4.69, 9.17) is 0 Å². The van der Waals surface area contributed by atoms with Crippen LogP contribution in [0.15, 0.2) is 24.3 Å². The maximum absolute atomic E-state index is 11.2. The van der Waals surface area contributed by atoms with Crippen LogP contribution in [-0.4, -0.2) is 18.9 Å². The number of rotatable bonds is 2. The zero-order valence-electron chi connectivity index (χ0n) is 9.70. The molecule has 2 nitrogen and oxygen atoms in total. The number of carbonyl (C=O) groups is 1. The van der Waals surface area contributed by atoms with Gasteiger partial charge in [-0.3, -0.25) is 4.79 Å². The topological polar surface area (TPSA) is 20.3 Å². The number of hydrogen-bond donors (Lipinski definition) is 0. The van der Waals surface area contributed by atoms with Crippen molar-refractivity contribution in [1.82, 2.24) is 0 Å². The summed E-state index contributed by atoms with van der Waals surface area (Å²) in [5, 5.41) is 0. The van der Waals surface area contributed by atoms with Crippen LogP contribution < -0.4 is 4.90 Å². The van der Waals surface area contributed by atoms with E-state index in [1.54, 1.807) is 6.92 Å². The molecule has 1 aliphatic heterocycles. The van der Waals surface area contributed by atoms with Crippen LogP contribution in [0, 0.1) is 5.41 Å². The summed E-state index contributed by atoms with van der Waals surface area (Å²) in [4.78, 5) is 13.6. The van der Waals surface area contributed by atoms with Gasteiger partial charge in [0.1, 0.15) is 0 Å². The lowest BCUT2D eigenvalue weighted by atomic mass is 9.63. The van der Waals surface area contributed by atoms with Gasteiger partial charge in [-0.1, -0.05) is 6.42 Å². The number of hydrogen-bond acceptors (Lipinski definition) is 2. The first-order valence-corrected chi connectivity index (χ1v) is 6.05. The summed E-state index contributed by atoms with van der Waals surface area (Å²) in [5.41, 5.74) is 2.74. The van der Waals surface area contributed by atoms with Gasteiger partial charge in [0.25, 0.3) is 0 Å². The Morgan fingerprint density at radius 1 is 1.19 bits per heavy atom. The number of Topliss-reactive ketones (excluding diaryl/α,β-unsaturated/α-hetero) is 1. The molecule has 2 heteroatoms. The molecule has 16 heavy (non-hydrogen) atoms. The van der Waals surface area contributed by atoms with Crippen molar-refractivity contribution in [2.75, 3.05) is 18.0 Å². The summed E-state index contributed by atoms with van der Waals surface area (Å²) in [7, 11) is 0. The first-order chi connectivity index (χ1) is 7.69. The molecule has 0 bridgehead atoms. The fourth-order valence-electron chi connectivity index (χ4n) is 2.85. The van der Waals surface area contributed by atoms with E-state index in [2.05, 4.69) is 17.0 Å². The van der Waals surface area contributed by atoms with E-state index in [9.17, 15) is 4.79 Å². The van der Waals surface area contributed by atoms with Gasteiger partial charge in [-0.2, -0.15) is 0 Å². The Hall–Kier alpha value is -1.31. The van der Waals surface area contributed by atoms with Crippen molar-refractivity contribution in [3.05, 3.63) is 29.8 Å². The lowest BCUT2D eigenvalue weighted by molar-refractivity contribution is 0.0904. The van der Waals surface area contributed by atoms with E-state index >= 15 is 0 Å². The van der Waals surface area contributed by atoms with Crippen LogP contribution in [-0.2, 0) is 0 Å². The maximum atomic E-state index is 11.2. The van der Waals surface area contributed by atoms with Crippen LogP contribution in [0.2, 0.25) is 0 Å². The summed E-state index contributed by atoms with van der Waals surface area (Å²) < 4.78 is 0. The van der Waals surface area contributed by atoms with Gasteiger partial charge in [0, 0.05) is 29.8 Å². The summed E-state index contributed by atoms with van der Waals surface area (Å²) >= 11 is 0. The minimum atomic E-state index is 0.144. The van der Waals surface area contributed by atoms with Gasteiger partial charge in [-0.25, -0.2) is 0 Å². The van der Waals surface area contributed by atoms with E-state index in [0.717, 1.165) is 5.56 Å². The molecule has 0 radical (unpaired) electrons. The molecule has 1 saturated carbocycles. The van der Waals surface area contributed by atoms with Crippen molar-refractivity contribution in [1.29, 1.82) is 0 Å². The Morgan fingerprint density at radius 3 is 2.25 bits per heavy atom. The Morgan fingerprint density at radius 2 is 1.81 bits per heavy atom. The Labute approximate surface area is 96.3 Å². The van der Waals surface area contributed by atoms with Crippen LogP contribution in [0.25, 0.3) is 0 Å². The van der Waals surface area contributed by atoms with Crippen LogP contribution in [0.3, 0.4) is 0 Å². The second-order valence-electron chi connectivity index (χ2n) is 5.31. The van der Waals surface area contributed by atoms with Crippen LogP contribution >= 0.6 is 0 Å². The van der Waals surface area contributed by atoms with Crippen molar-refractivity contribution >= 4 is 11.5 Å². The summed E-state index contributed by atoms with van der Waals surface area (Å²) in [6.45, 7) is 4.04. The lowest BCUT2D eigenvalue weighted by Gasteiger charge is -2.57. The van der Waals surface area contributed by atoms with Gasteiger partial charge < -0.3 is 4.90 Å². The Kier molecular flexibility index (Phi) is 2.06. The van der Waals surface area contributed by atoms with E-state index in [1.165, 1.54) is 38.0 Å². The first kappa shape index (κ1) is 9.88. The molecule has 0 unspecified atom stereocenters. The SMILES string of the molecule is CC(=O)c1ccc(N2CC3(CCC3)C2)cc1. The molecular weight excluding hydrogens is 198 g/mol. The lowest BCUT2D eigenvalue weighted by Crippen LogP contribution is -2.59. The molecule has 1 saturated heterocycles. The van der Waals surface area contributed by atoms with Gasteiger partial charge >= 0.3 is 0 Å². The molecule has 1 aromatic carbocycles. The Bertz CT molecular complexity index is 409. The molecular formula is C14H17NO. The first-order valence-electron chi connectivity index (χ1n) is 6.05. The van der Waals surface area contributed by atoms with E-state index in [0.29, 0.717) is 5.41 Å². The van der Waals surface area contributed by atoms with Gasteiger partial charge in [-0.05, 0) is 44.0 Å². The zero-order valence-corrected chi connectivity index (χ0v) is 9.70. The minimum Gasteiger partial charge on any atom is -0.370 e. The van der Waals surface area contributed by atoms with Crippen molar-refractivity contribution < 1.29 is 4.79 Å². The predicted octanol–water partition coefficient (Wildman–Crippen LogP) is 2.88. The van der Waals surface area contributed by atoms with E-state index in [-0.39, 0.29) is 5.78 Å². The molecule has 1 aromatic rings. The Balaban J connectivity index is 1.69. The third-order valence-electron chi connectivity index (χ3n) is 4.11. The van der Waals surface area contributed by atoms with Crippen molar-refractivity contribution in [2.45, 2.75) is 26.2 Å². The van der Waals surface area contributed by atoms with Gasteiger partial charge in [0.2, 0.25) is 0 Å². The number of nitrogens with zero attached hydrogens (tertiary/aromatic N) is 1. The largest absolute Gasteiger partial charge is 0.370 e. The molecule has 0 aromatic heterocycles. The highest BCUT2D eigenvalue weighted by molar-refractivity contribution is 5.94. The van der Waals surface area contributed by atoms with Crippen LogP contribution in [0.5, 0.6) is 0 Å². The third-order valence-corrected chi connectivity index (χ3v) is 4.11. The van der Waals surface area contributed by atoms with Gasteiger partial charge in [0.05, 0.1) is 0 Å². The van der Waals surface area contributed by atoms with E-state index in [1.807, 2.05) is 12.1 Å². The molecule has 0 N–H and O–H groups in total. The molecule has 2 fully saturated rings. The molecule has 1 spiro atoms. The molecule has 1 heterocycles. The standard InChI is InChI=1S/C14H17NO/c1-11(16)12-3-5-13(6-4-12)15-9-14(10-15)7-2-8-14/h3-6H,2,7-10H2,1H3. The quantitative estimate of drug-likeness (QED) is 0.707. The molecule has 3 rings (SSSR count). The molecule has 1 aliphatic carbocycles. The molecule has 2 aliphatic rings. The number of carbonyl (C=O) groups excluding carboxylic acids is 1. The highest BCUT2D eigenvalue weighted by atomic mass is 16.1. The highest BCUT2D eigenvalue weighted by Gasteiger charge is 2.47. The van der Waals surface area contributed by atoms with Crippen molar-refractivity contribution in [2.24, 2.45) is 5.41 Å². The van der Waals surface area contributed by atoms with Crippen LogP contribution in [0.4, 0.5) is 5.69 Å². The van der Waals surface area contributed by atoms with Crippen molar-refractivity contribution in [3.63, 3.8) is 0 Å². The number of ketones is 1. The second-order valence-corrected chi connectivity index (χ2v) is 5.31.